The monoisotopic (exact) mass is 481 g/mol. The SMILES string of the molecule is C[C@@H](O)[C@H]1C(=O)N2C(C(=O)O)=C(S[C@@H]3CN[C@H](C(=O)N=C(N)N4CCC(O)CC4)C3)[C@H](C)[C@H]12. The molecule has 0 saturated carbocycles. The normalized spacial score (nSPS) is 33.9. The molecule has 0 aromatic rings. The Morgan fingerprint density at radius 1 is 1.30 bits per heavy atom. The average Bonchev–Trinajstić information content (AvgIpc) is 3.30. The fourth-order valence-corrected chi connectivity index (χ4v) is 6.67. The summed E-state index contributed by atoms with van der Waals surface area (Å²) in [5.41, 5.74) is 5.99. The Balaban J connectivity index is 1.41. The number of piperidine rings is 1. The molecular formula is C21H31N5O6S. The second-order valence-corrected chi connectivity index (χ2v) is 10.6. The third kappa shape index (κ3) is 4.36. The van der Waals surface area contributed by atoms with E-state index >= 15 is 0 Å². The number of β-lactam (4-membered cyclic amide) rings is 1. The number of thioether (sulfide) groups is 1. The number of carbonyl (C=O) groups is 3. The van der Waals surface area contributed by atoms with Crippen LogP contribution >= 0.6 is 11.8 Å². The molecule has 4 aliphatic rings. The van der Waals surface area contributed by atoms with Gasteiger partial charge in [-0.25, -0.2) is 4.79 Å². The Morgan fingerprint density at radius 2 is 1.97 bits per heavy atom. The molecule has 0 aliphatic carbocycles. The summed E-state index contributed by atoms with van der Waals surface area (Å²) in [5.74, 6) is -2.55. The van der Waals surface area contributed by atoms with Gasteiger partial charge in [0.15, 0.2) is 5.96 Å². The average molecular weight is 482 g/mol. The van der Waals surface area contributed by atoms with E-state index in [1.165, 1.54) is 16.7 Å². The number of aliphatic imine (C=N–C) groups is 1. The van der Waals surface area contributed by atoms with Crippen LogP contribution in [0.5, 0.6) is 0 Å². The number of amides is 2. The van der Waals surface area contributed by atoms with Crippen LogP contribution < -0.4 is 11.1 Å². The quantitative estimate of drug-likeness (QED) is 0.185. The number of likely N-dealkylation sites (tertiary alicyclic amines) is 1. The molecule has 3 saturated heterocycles. The minimum Gasteiger partial charge on any atom is -0.477 e. The minimum atomic E-state index is -1.16. The number of aliphatic hydroxyl groups excluding tert-OH is 2. The summed E-state index contributed by atoms with van der Waals surface area (Å²) < 4.78 is 0. The second-order valence-electron chi connectivity index (χ2n) is 9.23. The van der Waals surface area contributed by atoms with Crippen molar-refractivity contribution in [3.63, 3.8) is 0 Å². The summed E-state index contributed by atoms with van der Waals surface area (Å²) >= 11 is 1.38. The zero-order valence-corrected chi connectivity index (χ0v) is 19.5. The molecule has 0 unspecified atom stereocenters. The van der Waals surface area contributed by atoms with Crippen molar-refractivity contribution in [1.29, 1.82) is 0 Å². The molecule has 3 fully saturated rings. The summed E-state index contributed by atoms with van der Waals surface area (Å²) in [7, 11) is 0. The number of carbonyl (C=O) groups excluding carboxylic acids is 2. The van der Waals surface area contributed by atoms with Gasteiger partial charge >= 0.3 is 5.97 Å². The van der Waals surface area contributed by atoms with Crippen LogP contribution in [-0.2, 0) is 14.4 Å². The van der Waals surface area contributed by atoms with E-state index in [4.69, 9.17) is 5.73 Å². The van der Waals surface area contributed by atoms with E-state index in [1.54, 1.807) is 11.8 Å². The number of rotatable bonds is 5. The van der Waals surface area contributed by atoms with Crippen molar-refractivity contribution in [3.05, 3.63) is 10.6 Å². The van der Waals surface area contributed by atoms with Gasteiger partial charge in [0.05, 0.1) is 30.2 Å². The fourth-order valence-electron chi connectivity index (χ4n) is 5.20. The van der Waals surface area contributed by atoms with E-state index in [2.05, 4.69) is 10.3 Å². The number of hydrogen-bond donors (Lipinski definition) is 5. The lowest BCUT2D eigenvalue weighted by Gasteiger charge is -2.46. The Bertz CT molecular complexity index is 900. The van der Waals surface area contributed by atoms with Crippen LogP contribution in [0.25, 0.3) is 0 Å². The van der Waals surface area contributed by atoms with E-state index in [0.29, 0.717) is 43.8 Å². The lowest BCUT2D eigenvalue weighted by atomic mass is 9.79. The summed E-state index contributed by atoms with van der Waals surface area (Å²) in [4.78, 5) is 44.8. The van der Waals surface area contributed by atoms with Gasteiger partial charge in [0.1, 0.15) is 5.70 Å². The van der Waals surface area contributed by atoms with Crippen LogP contribution in [0.1, 0.15) is 33.1 Å². The van der Waals surface area contributed by atoms with Gasteiger partial charge < -0.3 is 36.2 Å². The van der Waals surface area contributed by atoms with Gasteiger partial charge in [-0.2, -0.15) is 4.99 Å². The molecule has 182 valence electrons. The number of nitrogens with one attached hydrogen (secondary N) is 1. The van der Waals surface area contributed by atoms with Crippen LogP contribution in [0.3, 0.4) is 0 Å². The van der Waals surface area contributed by atoms with Crippen LogP contribution in [0.15, 0.2) is 15.6 Å². The number of nitrogens with two attached hydrogens (primary N) is 1. The van der Waals surface area contributed by atoms with E-state index in [-0.39, 0.29) is 46.8 Å². The molecule has 0 aromatic carbocycles. The van der Waals surface area contributed by atoms with Crippen molar-refractivity contribution in [3.8, 4) is 0 Å². The summed E-state index contributed by atoms with van der Waals surface area (Å²) in [6.07, 6.45) is 0.434. The number of aliphatic hydroxyl groups is 2. The molecule has 4 aliphatic heterocycles. The number of carboxylic acids is 1. The Morgan fingerprint density at radius 3 is 2.58 bits per heavy atom. The molecule has 0 radical (unpaired) electrons. The molecule has 12 heteroatoms. The highest BCUT2D eigenvalue weighted by Gasteiger charge is 2.60. The molecule has 2 amide bonds. The van der Waals surface area contributed by atoms with Gasteiger partial charge in [-0.15, -0.1) is 11.8 Å². The Labute approximate surface area is 196 Å². The number of carboxylic acid groups (broad SMARTS) is 1. The maximum Gasteiger partial charge on any atom is 0.353 e. The number of fused-ring (bicyclic) bond motifs is 1. The third-order valence-corrected chi connectivity index (χ3v) is 8.52. The van der Waals surface area contributed by atoms with Crippen molar-refractivity contribution >= 4 is 35.5 Å². The lowest BCUT2D eigenvalue weighted by Crippen LogP contribution is -2.63. The third-order valence-electron chi connectivity index (χ3n) is 7.01. The van der Waals surface area contributed by atoms with Crippen LogP contribution in [0.2, 0.25) is 0 Å². The van der Waals surface area contributed by atoms with Crippen molar-refractivity contribution in [2.45, 2.75) is 62.7 Å². The molecule has 4 rings (SSSR count). The van der Waals surface area contributed by atoms with Gasteiger partial charge in [-0.1, -0.05) is 6.92 Å². The predicted molar refractivity (Wildman–Crippen MR) is 121 cm³/mol. The van der Waals surface area contributed by atoms with E-state index < -0.39 is 24.0 Å². The van der Waals surface area contributed by atoms with Crippen LogP contribution in [0, 0.1) is 11.8 Å². The topological polar surface area (TPSA) is 169 Å². The molecule has 6 atom stereocenters. The molecule has 6 N–H and O–H groups in total. The van der Waals surface area contributed by atoms with Crippen molar-refractivity contribution in [2.24, 2.45) is 22.6 Å². The number of hydrogen-bond acceptors (Lipinski definition) is 7. The van der Waals surface area contributed by atoms with Crippen molar-refractivity contribution < 1.29 is 29.7 Å². The van der Waals surface area contributed by atoms with Crippen molar-refractivity contribution in [1.82, 2.24) is 15.1 Å². The van der Waals surface area contributed by atoms with Gasteiger partial charge in [0, 0.05) is 35.7 Å². The largest absolute Gasteiger partial charge is 0.477 e. The summed E-state index contributed by atoms with van der Waals surface area (Å²) in [5, 5.41) is 32.4. The highest BCUT2D eigenvalue weighted by molar-refractivity contribution is 8.03. The molecule has 11 nitrogen and oxygen atoms in total. The number of guanidine groups is 1. The zero-order valence-electron chi connectivity index (χ0n) is 18.7. The molecule has 0 spiro atoms. The predicted octanol–water partition coefficient (Wildman–Crippen LogP) is -1.10. The fraction of sp³-hybridized carbons (Fsp3) is 0.714. The first-order valence-electron chi connectivity index (χ1n) is 11.3. The molecule has 4 heterocycles. The number of aliphatic carboxylic acids is 1. The van der Waals surface area contributed by atoms with Crippen molar-refractivity contribution in [2.75, 3.05) is 19.6 Å². The maximum atomic E-state index is 12.7. The van der Waals surface area contributed by atoms with Gasteiger partial charge in [-0.05, 0) is 26.2 Å². The zero-order chi connectivity index (χ0) is 24.0. The first-order chi connectivity index (χ1) is 15.6. The first kappa shape index (κ1) is 24.0. The first-order valence-corrected chi connectivity index (χ1v) is 12.2. The molecule has 0 bridgehead atoms. The lowest BCUT2D eigenvalue weighted by molar-refractivity contribution is -0.163. The van der Waals surface area contributed by atoms with Gasteiger partial charge in [-0.3, -0.25) is 9.59 Å². The maximum absolute atomic E-state index is 12.7. The van der Waals surface area contributed by atoms with Gasteiger partial charge in [0.25, 0.3) is 5.91 Å². The summed E-state index contributed by atoms with van der Waals surface area (Å²) in [6, 6.07) is -0.878. The molecule has 0 aromatic heterocycles. The highest BCUT2D eigenvalue weighted by Crippen LogP contribution is 2.51. The van der Waals surface area contributed by atoms with E-state index in [0.717, 1.165) is 0 Å². The number of nitrogens with zero attached hydrogens (tertiary/aromatic N) is 3. The van der Waals surface area contributed by atoms with Gasteiger partial charge in [0.2, 0.25) is 5.91 Å². The standard InChI is InChI=1S/C21H31N5O6S/c1-9-15-14(10(2)27)19(30)26(15)16(20(31)32)17(9)33-12-7-13(23-8-12)18(29)24-21(22)25-5-3-11(28)4-6-25/h9-15,23,27-28H,3-8H2,1-2H3,(H,31,32)(H2,22,24,29)/t9-,10-,12+,13+,14-,15-/m1/s1. The smallest absolute Gasteiger partial charge is 0.353 e. The van der Waals surface area contributed by atoms with Crippen LogP contribution in [0.4, 0.5) is 0 Å². The van der Waals surface area contributed by atoms with E-state index in [1.807, 2.05) is 6.92 Å². The Hall–Kier alpha value is -2.15. The second kappa shape index (κ2) is 9.24. The highest BCUT2D eigenvalue weighted by atomic mass is 32.2. The van der Waals surface area contributed by atoms with Crippen LogP contribution in [-0.4, -0.2) is 98.0 Å². The van der Waals surface area contributed by atoms with E-state index in [9.17, 15) is 29.7 Å². The summed E-state index contributed by atoms with van der Waals surface area (Å²) in [6.45, 7) is 5.02. The molecular weight excluding hydrogens is 450 g/mol. The Kier molecular flexibility index (Phi) is 6.72. The molecule has 33 heavy (non-hydrogen) atoms. The minimum absolute atomic E-state index is 0.0104.